The number of pyridine rings is 1. The van der Waals surface area contributed by atoms with Crippen molar-refractivity contribution in [2.45, 2.75) is 12.8 Å². The van der Waals surface area contributed by atoms with Crippen LogP contribution in [0.15, 0.2) is 41.9 Å². The van der Waals surface area contributed by atoms with Gasteiger partial charge in [-0.25, -0.2) is 13.8 Å². The Labute approximate surface area is 158 Å². The zero-order valence-electron chi connectivity index (χ0n) is 14.8. The molecular formula is C18H18F2N6O2. The Bertz CT molecular complexity index is 1000. The molecule has 1 fully saturated rings. The van der Waals surface area contributed by atoms with E-state index in [-0.39, 0.29) is 5.69 Å². The van der Waals surface area contributed by atoms with Crippen LogP contribution in [0.5, 0.6) is 0 Å². The van der Waals surface area contributed by atoms with E-state index in [9.17, 15) is 18.5 Å². The van der Waals surface area contributed by atoms with Gasteiger partial charge in [0.1, 0.15) is 17.0 Å². The van der Waals surface area contributed by atoms with Gasteiger partial charge in [-0.05, 0) is 37.1 Å². The van der Waals surface area contributed by atoms with Crippen molar-refractivity contribution in [3.63, 3.8) is 0 Å². The van der Waals surface area contributed by atoms with Crippen LogP contribution in [-0.4, -0.2) is 34.0 Å². The van der Waals surface area contributed by atoms with Gasteiger partial charge in [-0.15, -0.1) is 4.91 Å². The first kappa shape index (κ1) is 19.2. The van der Waals surface area contributed by atoms with Crippen molar-refractivity contribution in [2.24, 2.45) is 5.29 Å². The minimum Gasteiger partial charge on any atom is -0.396 e. The van der Waals surface area contributed by atoms with Crippen molar-refractivity contribution in [2.75, 3.05) is 24.1 Å². The van der Waals surface area contributed by atoms with Crippen LogP contribution < -0.4 is 11.1 Å². The summed E-state index contributed by atoms with van der Waals surface area (Å²) >= 11 is 0. The molecule has 0 bridgehead atoms. The number of benzene rings is 1. The van der Waals surface area contributed by atoms with Gasteiger partial charge in [-0.3, -0.25) is 9.80 Å². The number of nitroso groups, excluding NO2 is 1. The van der Waals surface area contributed by atoms with E-state index in [1.54, 1.807) is 23.3 Å². The van der Waals surface area contributed by atoms with Crippen LogP contribution >= 0.6 is 0 Å². The van der Waals surface area contributed by atoms with Gasteiger partial charge in [0.05, 0.1) is 22.9 Å². The molecule has 0 spiro atoms. The second-order valence-corrected chi connectivity index (χ2v) is 6.16. The van der Waals surface area contributed by atoms with Gasteiger partial charge in [-0.2, -0.15) is 0 Å². The lowest BCUT2D eigenvalue weighted by molar-refractivity contribution is 0.101. The van der Waals surface area contributed by atoms with E-state index in [0.717, 1.165) is 43.5 Å². The Morgan fingerprint density at radius 3 is 2.68 bits per heavy atom. The fourth-order valence-electron chi connectivity index (χ4n) is 2.76. The van der Waals surface area contributed by atoms with Crippen LogP contribution in [0.3, 0.4) is 0 Å². The summed E-state index contributed by atoms with van der Waals surface area (Å²) in [6, 6.07) is 5.41. The molecule has 146 valence electrons. The molecule has 28 heavy (non-hydrogen) atoms. The lowest BCUT2D eigenvalue weighted by atomic mass is 10.1. The number of nitrogens with zero attached hydrogens (tertiary/aromatic N) is 3. The maximum atomic E-state index is 13.8. The number of hydrogen-bond donors (Lipinski definition) is 3. The van der Waals surface area contributed by atoms with Crippen molar-refractivity contribution in [1.29, 1.82) is 0 Å². The lowest BCUT2D eigenvalue weighted by Crippen LogP contribution is -2.17. The van der Waals surface area contributed by atoms with Crippen LogP contribution in [0.1, 0.15) is 23.2 Å². The van der Waals surface area contributed by atoms with Gasteiger partial charge in [0.15, 0.2) is 5.82 Å². The van der Waals surface area contributed by atoms with Gasteiger partial charge in [0.2, 0.25) is 0 Å². The van der Waals surface area contributed by atoms with E-state index in [1.165, 1.54) is 6.20 Å². The highest BCUT2D eigenvalue weighted by Crippen LogP contribution is 2.21. The summed E-state index contributed by atoms with van der Waals surface area (Å²) in [4.78, 5) is 28.6. The predicted molar refractivity (Wildman–Crippen MR) is 101 cm³/mol. The molecule has 3 heterocycles. The predicted octanol–water partition coefficient (Wildman–Crippen LogP) is 3.44. The number of halogens is 2. The second-order valence-electron chi connectivity index (χ2n) is 6.16. The fourth-order valence-corrected chi connectivity index (χ4v) is 2.76. The minimum atomic E-state index is -1.08. The molecule has 4 N–H and O–H groups in total. The zero-order valence-corrected chi connectivity index (χ0v) is 14.8. The SMILES string of the molecule is Nc1ccc(F)c(C(=O)Nc2cnc3[nH]ccc3c2)c1F.O=NN1CCCC1. The first-order valence-electron chi connectivity index (χ1n) is 8.55. The summed E-state index contributed by atoms with van der Waals surface area (Å²) < 4.78 is 27.4. The highest BCUT2D eigenvalue weighted by molar-refractivity contribution is 6.05. The van der Waals surface area contributed by atoms with Crippen molar-refractivity contribution >= 4 is 28.3 Å². The molecule has 1 saturated heterocycles. The molecule has 4 rings (SSSR count). The van der Waals surface area contributed by atoms with Gasteiger partial charge in [0, 0.05) is 24.7 Å². The number of carbonyl (C=O) groups excluding carboxylic acids is 1. The van der Waals surface area contributed by atoms with Gasteiger partial charge >= 0.3 is 0 Å². The van der Waals surface area contributed by atoms with Crippen LogP contribution in [-0.2, 0) is 0 Å². The van der Waals surface area contributed by atoms with E-state index in [0.29, 0.717) is 11.3 Å². The number of aromatic nitrogens is 2. The first-order chi connectivity index (χ1) is 13.5. The number of hydrogen-bond acceptors (Lipinski definition) is 5. The number of nitrogen functional groups attached to an aromatic ring is 1. The van der Waals surface area contributed by atoms with Gasteiger partial charge < -0.3 is 16.0 Å². The van der Waals surface area contributed by atoms with Crippen LogP contribution in [0.4, 0.5) is 20.2 Å². The third-order valence-electron chi connectivity index (χ3n) is 4.20. The Morgan fingerprint density at radius 1 is 1.25 bits per heavy atom. The third kappa shape index (κ3) is 4.22. The van der Waals surface area contributed by atoms with Crippen molar-refractivity contribution in [1.82, 2.24) is 15.0 Å². The minimum absolute atomic E-state index is 0.291. The van der Waals surface area contributed by atoms with Crippen LogP contribution in [0.2, 0.25) is 0 Å². The van der Waals surface area contributed by atoms with E-state index in [4.69, 9.17) is 5.73 Å². The molecule has 1 amide bonds. The van der Waals surface area contributed by atoms with Crippen molar-refractivity contribution in [3.8, 4) is 0 Å². The first-order valence-corrected chi connectivity index (χ1v) is 8.55. The largest absolute Gasteiger partial charge is 0.396 e. The topological polar surface area (TPSA) is 116 Å². The molecule has 0 atom stereocenters. The van der Waals surface area contributed by atoms with E-state index in [2.05, 4.69) is 20.6 Å². The van der Waals surface area contributed by atoms with E-state index >= 15 is 0 Å². The summed E-state index contributed by atoms with van der Waals surface area (Å²) in [5, 5.41) is 7.49. The number of anilines is 2. The average Bonchev–Trinajstić information content (AvgIpc) is 3.36. The Morgan fingerprint density at radius 2 is 2.00 bits per heavy atom. The Hall–Kier alpha value is -3.56. The monoisotopic (exact) mass is 388 g/mol. The number of aromatic amines is 1. The number of nitrogens with two attached hydrogens (primary N) is 1. The summed E-state index contributed by atoms with van der Waals surface area (Å²) in [5.74, 6) is -2.98. The van der Waals surface area contributed by atoms with Crippen LogP contribution in [0, 0.1) is 16.5 Å². The molecule has 2 aromatic heterocycles. The van der Waals surface area contributed by atoms with Gasteiger partial charge in [0.25, 0.3) is 5.91 Å². The normalized spacial score (nSPS) is 13.1. The number of rotatable bonds is 3. The summed E-state index contributed by atoms with van der Waals surface area (Å²) in [6.45, 7) is 1.73. The zero-order chi connectivity index (χ0) is 20.1. The van der Waals surface area contributed by atoms with Crippen molar-refractivity contribution in [3.05, 3.63) is 58.8 Å². The molecule has 1 aliphatic heterocycles. The third-order valence-corrected chi connectivity index (χ3v) is 4.20. The molecule has 0 radical (unpaired) electrons. The molecule has 8 nitrogen and oxygen atoms in total. The molecule has 0 aliphatic carbocycles. The maximum absolute atomic E-state index is 13.8. The standard InChI is InChI=1S/C14H10F2N4O.C4H8N2O/c15-9-1-2-10(17)12(16)11(9)14(21)20-8-5-7-3-4-18-13(7)19-6-8;7-5-6-3-1-2-4-6/h1-6H,17H2,(H,18,19)(H,20,21);1-4H2. The number of nitrogens with one attached hydrogen (secondary N) is 2. The number of H-pyrrole nitrogens is 1. The molecule has 0 saturated carbocycles. The van der Waals surface area contributed by atoms with E-state index < -0.39 is 23.1 Å². The van der Waals surface area contributed by atoms with Gasteiger partial charge in [-0.1, -0.05) is 0 Å². The fraction of sp³-hybridized carbons (Fsp3) is 0.222. The highest BCUT2D eigenvalue weighted by atomic mass is 19.1. The Balaban J connectivity index is 0.000000271. The molecule has 10 heteroatoms. The highest BCUT2D eigenvalue weighted by Gasteiger charge is 2.20. The molecular weight excluding hydrogens is 370 g/mol. The van der Waals surface area contributed by atoms with E-state index in [1.807, 2.05) is 0 Å². The summed E-state index contributed by atoms with van der Waals surface area (Å²) in [5.41, 5.74) is 5.31. The number of amides is 1. The lowest BCUT2D eigenvalue weighted by Gasteiger charge is -2.08. The molecule has 3 aromatic rings. The maximum Gasteiger partial charge on any atom is 0.261 e. The smallest absolute Gasteiger partial charge is 0.261 e. The van der Waals surface area contributed by atoms with Crippen molar-refractivity contribution < 1.29 is 13.6 Å². The number of carbonyl (C=O) groups is 1. The quantitative estimate of drug-likeness (QED) is 0.469. The second kappa shape index (κ2) is 8.42. The Kier molecular flexibility index (Phi) is 5.78. The summed E-state index contributed by atoms with van der Waals surface area (Å²) in [7, 11) is 0. The number of fused-ring (bicyclic) bond motifs is 1. The average molecular weight is 388 g/mol. The van der Waals surface area contributed by atoms with Crippen LogP contribution in [0.25, 0.3) is 11.0 Å². The molecule has 1 aromatic carbocycles. The summed E-state index contributed by atoms with van der Waals surface area (Å²) in [6.07, 6.45) is 5.34. The molecule has 0 unspecified atom stereocenters. The molecule has 1 aliphatic rings.